The van der Waals surface area contributed by atoms with Gasteiger partial charge in [-0.15, -0.1) is 0 Å². The molecule has 0 bridgehead atoms. The summed E-state index contributed by atoms with van der Waals surface area (Å²) in [5, 5.41) is 0. The highest BCUT2D eigenvalue weighted by Gasteiger charge is 2.27. The van der Waals surface area contributed by atoms with Crippen molar-refractivity contribution in [3.8, 4) is 0 Å². The molecule has 21 heavy (non-hydrogen) atoms. The number of benzene rings is 2. The number of hydrogen-bond donors (Lipinski definition) is 0. The highest BCUT2D eigenvalue weighted by atomic mass is 79.9. The van der Waals surface area contributed by atoms with Crippen molar-refractivity contribution in [3.63, 3.8) is 0 Å². The van der Waals surface area contributed by atoms with Crippen LogP contribution in [0.25, 0.3) is 0 Å². The lowest BCUT2D eigenvalue weighted by molar-refractivity contribution is 0.0987. The number of sulfone groups is 1. The SMILES string of the molecule is Cc1ccc(S(=O)(=O)[C@@H](Br)CC(=O)c2ccccc2)cc1. The van der Waals surface area contributed by atoms with Gasteiger partial charge in [-0.2, -0.15) is 0 Å². The molecule has 0 aliphatic carbocycles. The summed E-state index contributed by atoms with van der Waals surface area (Å²) in [5.41, 5.74) is 1.50. The summed E-state index contributed by atoms with van der Waals surface area (Å²) >= 11 is 3.14. The van der Waals surface area contributed by atoms with E-state index in [2.05, 4.69) is 15.9 Å². The number of Topliss-reactive ketones (excluding diaryl/α,β-unsaturated/α-hetero) is 1. The molecule has 1 atom stereocenters. The molecular weight excluding hydrogens is 352 g/mol. The summed E-state index contributed by atoms with van der Waals surface area (Å²) in [7, 11) is -3.56. The van der Waals surface area contributed by atoms with Gasteiger partial charge in [-0.1, -0.05) is 64.0 Å². The van der Waals surface area contributed by atoms with E-state index in [0.717, 1.165) is 5.56 Å². The van der Waals surface area contributed by atoms with E-state index in [1.807, 2.05) is 13.0 Å². The van der Waals surface area contributed by atoms with Crippen molar-refractivity contribution in [3.05, 3.63) is 65.7 Å². The molecule has 0 unspecified atom stereocenters. The molecule has 5 heteroatoms. The van der Waals surface area contributed by atoms with Crippen molar-refractivity contribution in [2.24, 2.45) is 0 Å². The van der Waals surface area contributed by atoms with Crippen LogP contribution in [0.2, 0.25) is 0 Å². The van der Waals surface area contributed by atoms with Crippen LogP contribution in [0.5, 0.6) is 0 Å². The second-order valence-electron chi connectivity index (χ2n) is 4.76. The van der Waals surface area contributed by atoms with Crippen LogP contribution >= 0.6 is 15.9 Å². The molecule has 0 fully saturated rings. The van der Waals surface area contributed by atoms with Gasteiger partial charge >= 0.3 is 0 Å². The second kappa shape index (κ2) is 6.54. The van der Waals surface area contributed by atoms with Gasteiger partial charge in [0.15, 0.2) is 15.6 Å². The van der Waals surface area contributed by atoms with Crippen molar-refractivity contribution in [2.75, 3.05) is 0 Å². The van der Waals surface area contributed by atoms with Gasteiger partial charge in [-0.3, -0.25) is 4.79 Å². The molecule has 0 saturated carbocycles. The predicted molar refractivity (Wildman–Crippen MR) is 86.5 cm³/mol. The Bertz CT molecular complexity index is 722. The number of rotatable bonds is 5. The van der Waals surface area contributed by atoms with Crippen molar-refractivity contribution in [2.45, 2.75) is 22.4 Å². The number of halogens is 1. The molecule has 0 aliphatic heterocycles. The fourth-order valence-corrected chi connectivity index (χ4v) is 4.00. The maximum absolute atomic E-state index is 12.4. The van der Waals surface area contributed by atoms with Gasteiger partial charge in [0.2, 0.25) is 0 Å². The third-order valence-electron chi connectivity index (χ3n) is 3.13. The van der Waals surface area contributed by atoms with Crippen LogP contribution < -0.4 is 0 Å². The number of carbonyl (C=O) groups excluding carboxylic acids is 1. The zero-order chi connectivity index (χ0) is 15.5. The third-order valence-corrected chi connectivity index (χ3v) is 6.70. The minimum absolute atomic E-state index is 0.0970. The lowest BCUT2D eigenvalue weighted by atomic mass is 10.1. The van der Waals surface area contributed by atoms with E-state index in [-0.39, 0.29) is 17.1 Å². The lowest BCUT2D eigenvalue weighted by Crippen LogP contribution is -2.19. The van der Waals surface area contributed by atoms with Gasteiger partial charge in [0, 0.05) is 12.0 Å². The average Bonchev–Trinajstić information content (AvgIpc) is 2.48. The van der Waals surface area contributed by atoms with Gasteiger partial charge < -0.3 is 0 Å². The van der Waals surface area contributed by atoms with Crippen molar-refractivity contribution >= 4 is 31.6 Å². The van der Waals surface area contributed by atoms with Crippen LogP contribution in [0.1, 0.15) is 22.3 Å². The maximum Gasteiger partial charge on any atom is 0.191 e. The normalized spacial score (nSPS) is 12.9. The van der Waals surface area contributed by atoms with E-state index < -0.39 is 14.0 Å². The number of ketones is 1. The smallest absolute Gasteiger partial charge is 0.191 e. The highest BCUT2D eigenvalue weighted by molar-refractivity contribution is 9.11. The Morgan fingerprint density at radius 2 is 1.62 bits per heavy atom. The van der Waals surface area contributed by atoms with Crippen LogP contribution in [0.3, 0.4) is 0 Å². The van der Waals surface area contributed by atoms with Gasteiger partial charge in [-0.05, 0) is 19.1 Å². The second-order valence-corrected chi connectivity index (χ2v) is 8.60. The molecule has 2 aromatic carbocycles. The van der Waals surface area contributed by atoms with E-state index in [1.54, 1.807) is 48.5 Å². The summed E-state index contributed by atoms with van der Waals surface area (Å²) in [6.45, 7) is 1.89. The van der Waals surface area contributed by atoms with E-state index in [1.165, 1.54) is 0 Å². The highest BCUT2D eigenvalue weighted by Crippen LogP contribution is 2.24. The monoisotopic (exact) mass is 366 g/mol. The topological polar surface area (TPSA) is 51.2 Å². The zero-order valence-electron chi connectivity index (χ0n) is 11.5. The summed E-state index contributed by atoms with van der Waals surface area (Å²) in [6, 6.07) is 15.3. The molecule has 0 aliphatic rings. The van der Waals surface area contributed by atoms with Crippen molar-refractivity contribution in [1.29, 1.82) is 0 Å². The first-order chi connectivity index (χ1) is 9.91. The summed E-state index contributed by atoms with van der Waals surface area (Å²) in [4.78, 5) is 12.3. The molecule has 2 rings (SSSR count). The number of hydrogen-bond acceptors (Lipinski definition) is 3. The van der Waals surface area contributed by atoms with Crippen LogP contribution in [-0.2, 0) is 9.84 Å². The predicted octanol–water partition coefficient (Wildman–Crippen LogP) is 3.76. The molecule has 0 N–H and O–H groups in total. The first-order valence-corrected chi connectivity index (χ1v) is 8.90. The van der Waals surface area contributed by atoms with Gasteiger partial charge in [-0.25, -0.2) is 8.42 Å². The third kappa shape index (κ3) is 3.80. The Kier molecular flexibility index (Phi) is 4.96. The first kappa shape index (κ1) is 15.9. The Morgan fingerprint density at radius 1 is 1.05 bits per heavy atom. The van der Waals surface area contributed by atoms with E-state index in [9.17, 15) is 13.2 Å². The first-order valence-electron chi connectivity index (χ1n) is 6.44. The standard InChI is InChI=1S/C16H15BrO3S/c1-12-7-9-14(10-8-12)21(19,20)16(17)11-15(18)13-5-3-2-4-6-13/h2-10,16H,11H2,1H3/t16-/m1/s1. The summed E-state index contributed by atoms with van der Waals surface area (Å²) in [5.74, 6) is -0.201. The molecule has 110 valence electrons. The number of alkyl halides is 1. The molecule has 3 nitrogen and oxygen atoms in total. The van der Waals surface area contributed by atoms with Crippen LogP contribution in [-0.4, -0.2) is 18.4 Å². The van der Waals surface area contributed by atoms with E-state index in [0.29, 0.717) is 5.56 Å². The Balaban J connectivity index is 2.17. The Labute approximate surface area is 133 Å². The van der Waals surface area contributed by atoms with Crippen LogP contribution in [0, 0.1) is 6.92 Å². The molecular formula is C16H15BrO3S. The molecule has 0 radical (unpaired) electrons. The lowest BCUT2D eigenvalue weighted by Gasteiger charge is -2.11. The molecule has 0 spiro atoms. The Morgan fingerprint density at radius 3 is 2.19 bits per heavy atom. The van der Waals surface area contributed by atoms with Crippen LogP contribution in [0.15, 0.2) is 59.5 Å². The Hall–Kier alpha value is -1.46. The van der Waals surface area contributed by atoms with Crippen LogP contribution in [0.4, 0.5) is 0 Å². The van der Waals surface area contributed by atoms with Gasteiger partial charge in [0.1, 0.15) is 4.16 Å². The fourth-order valence-electron chi connectivity index (χ4n) is 1.87. The number of aryl methyl sites for hydroxylation is 1. The minimum atomic E-state index is -3.56. The summed E-state index contributed by atoms with van der Waals surface area (Å²) < 4.78 is 23.9. The molecule has 0 saturated heterocycles. The molecule has 0 aromatic heterocycles. The minimum Gasteiger partial charge on any atom is -0.294 e. The van der Waals surface area contributed by atoms with Gasteiger partial charge in [0.05, 0.1) is 4.90 Å². The van der Waals surface area contributed by atoms with E-state index >= 15 is 0 Å². The largest absolute Gasteiger partial charge is 0.294 e. The molecule has 0 heterocycles. The molecule has 0 amide bonds. The van der Waals surface area contributed by atoms with Crippen molar-refractivity contribution in [1.82, 2.24) is 0 Å². The quantitative estimate of drug-likeness (QED) is 0.597. The van der Waals surface area contributed by atoms with Gasteiger partial charge in [0.25, 0.3) is 0 Å². The fraction of sp³-hybridized carbons (Fsp3) is 0.188. The summed E-state index contributed by atoms with van der Waals surface area (Å²) in [6.07, 6.45) is -0.0970. The maximum atomic E-state index is 12.4. The molecule has 2 aromatic rings. The van der Waals surface area contributed by atoms with Crippen molar-refractivity contribution < 1.29 is 13.2 Å². The number of carbonyl (C=O) groups is 1. The zero-order valence-corrected chi connectivity index (χ0v) is 13.9. The van der Waals surface area contributed by atoms with E-state index in [4.69, 9.17) is 0 Å². The average molecular weight is 367 g/mol.